The molecule has 1 aromatic carbocycles. The van der Waals surface area contributed by atoms with Crippen LogP contribution in [0.2, 0.25) is 0 Å². The van der Waals surface area contributed by atoms with Crippen LogP contribution in [0, 0.1) is 17.3 Å². The predicted octanol–water partition coefficient (Wildman–Crippen LogP) is 3.43. The van der Waals surface area contributed by atoms with Crippen LogP contribution in [-0.2, 0) is 11.2 Å². The molecule has 0 radical (unpaired) electrons. The number of carbonyl (C=O) groups is 1. The lowest BCUT2D eigenvalue weighted by molar-refractivity contribution is -0.154. The lowest BCUT2D eigenvalue weighted by atomic mass is 9.46. The maximum atomic E-state index is 11.9. The number of aryl methyl sites for hydroxylation is 1. The van der Waals surface area contributed by atoms with E-state index in [2.05, 4.69) is 13.0 Å². The van der Waals surface area contributed by atoms with E-state index in [1.807, 2.05) is 12.1 Å². The molecular formula is C17H20O2. The third-order valence-corrected chi connectivity index (χ3v) is 6.14. The van der Waals surface area contributed by atoms with Crippen molar-refractivity contribution >= 4 is 5.78 Å². The molecule has 1 aromatic rings. The van der Waals surface area contributed by atoms with Crippen molar-refractivity contribution in [2.75, 3.05) is 0 Å². The average molecular weight is 256 g/mol. The number of phenols is 1. The Bertz CT molecular complexity index is 562. The summed E-state index contributed by atoms with van der Waals surface area (Å²) < 4.78 is 0. The summed E-state index contributed by atoms with van der Waals surface area (Å²) in [5.74, 6) is 2.80. The molecule has 2 fully saturated rings. The van der Waals surface area contributed by atoms with Gasteiger partial charge in [-0.05, 0) is 66.7 Å². The standard InChI is InChI=1S/C17H20O2/c1-17-7-6-13-12-5-3-11(18)8-10(12)2-4-14(13)15(17)9-16(17)19/h3,5,8,13-15,18H,2,4,6-7,9H2,1H3/t13-,14-,15+,17+/m1/s1. The highest BCUT2D eigenvalue weighted by molar-refractivity contribution is 5.91. The monoisotopic (exact) mass is 256 g/mol. The van der Waals surface area contributed by atoms with E-state index < -0.39 is 0 Å². The van der Waals surface area contributed by atoms with Gasteiger partial charge in [0.15, 0.2) is 0 Å². The second-order valence-electron chi connectivity index (χ2n) is 6.88. The number of benzene rings is 1. The molecule has 2 saturated carbocycles. The van der Waals surface area contributed by atoms with Crippen LogP contribution in [0.3, 0.4) is 0 Å². The first-order valence-corrected chi connectivity index (χ1v) is 7.45. The van der Waals surface area contributed by atoms with Crippen molar-refractivity contribution in [3.8, 4) is 5.75 Å². The maximum Gasteiger partial charge on any atom is 0.139 e. The molecule has 100 valence electrons. The van der Waals surface area contributed by atoms with E-state index in [0.717, 1.165) is 25.7 Å². The van der Waals surface area contributed by atoms with Crippen molar-refractivity contribution in [3.05, 3.63) is 29.3 Å². The van der Waals surface area contributed by atoms with Crippen LogP contribution in [0.25, 0.3) is 0 Å². The molecule has 3 aliphatic rings. The molecular weight excluding hydrogens is 236 g/mol. The van der Waals surface area contributed by atoms with Gasteiger partial charge in [-0.1, -0.05) is 13.0 Å². The summed E-state index contributed by atoms with van der Waals surface area (Å²) in [5.41, 5.74) is 2.77. The minimum atomic E-state index is -0.00438. The zero-order valence-corrected chi connectivity index (χ0v) is 11.4. The Morgan fingerprint density at radius 2 is 2.16 bits per heavy atom. The molecule has 0 amide bonds. The first kappa shape index (κ1) is 11.5. The number of fused-ring (bicyclic) bond motifs is 5. The molecule has 0 heterocycles. The van der Waals surface area contributed by atoms with Gasteiger partial charge in [0, 0.05) is 11.8 Å². The molecule has 19 heavy (non-hydrogen) atoms. The highest BCUT2D eigenvalue weighted by atomic mass is 16.3. The Hall–Kier alpha value is -1.31. The quantitative estimate of drug-likeness (QED) is 0.772. The van der Waals surface area contributed by atoms with Crippen molar-refractivity contribution in [2.24, 2.45) is 17.3 Å². The summed E-state index contributed by atoms with van der Waals surface area (Å²) in [5, 5.41) is 9.62. The number of carbonyl (C=O) groups excluding carboxylic acids is 1. The number of rotatable bonds is 0. The lowest BCUT2D eigenvalue weighted by Crippen LogP contribution is -2.55. The molecule has 1 N–H and O–H groups in total. The van der Waals surface area contributed by atoms with Gasteiger partial charge < -0.3 is 5.11 Å². The van der Waals surface area contributed by atoms with Gasteiger partial charge in [0.2, 0.25) is 0 Å². The van der Waals surface area contributed by atoms with Gasteiger partial charge in [-0.3, -0.25) is 4.79 Å². The van der Waals surface area contributed by atoms with Crippen molar-refractivity contribution in [2.45, 2.75) is 44.9 Å². The summed E-state index contributed by atoms with van der Waals surface area (Å²) in [6.07, 6.45) is 5.25. The van der Waals surface area contributed by atoms with Crippen molar-refractivity contribution in [1.82, 2.24) is 0 Å². The van der Waals surface area contributed by atoms with Crippen LogP contribution >= 0.6 is 0 Å². The molecule has 0 bridgehead atoms. The summed E-state index contributed by atoms with van der Waals surface area (Å²) in [4.78, 5) is 11.9. The normalized spacial score (nSPS) is 39.8. The molecule has 4 atom stereocenters. The molecule has 3 aliphatic carbocycles. The third kappa shape index (κ3) is 1.40. The number of hydrogen-bond acceptors (Lipinski definition) is 2. The molecule has 0 spiro atoms. The number of Topliss-reactive ketones (excluding diaryl/α,β-unsaturated/α-hetero) is 1. The summed E-state index contributed by atoms with van der Waals surface area (Å²) in [7, 11) is 0. The molecule has 4 rings (SSSR count). The van der Waals surface area contributed by atoms with Crippen molar-refractivity contribution < 1.29 is 9.90 Å². The Morgan fingerprint density at radius 1 is 1.32 bits per heavy atom. The highest BCUT2D eigenvalue weighted by Gasteiger charge is 2.58. The Morgan fingerprint density at radius 3 is 2.95 bits per heavy atom. The Kier molecular flexibility index (Phi) is 2.19. The zero-order chi connectivity index (χ0) is 13.2. The van der Waals surface area contributed by atoms with E-state index in [0.29, 0.717) is 29.3 Å². The number of hydrogen-bond donors (Lipinski definition) is 1. The Labute approximate surface area is 113 Å². The molecule has 0 aliphatic heterocycles. The van der Waals surface area contributed by atoms with Crippen LogP contribution in [0.1, 0.15) is 49.7 Å². The van der Waals surface area contributed by atoms with Gasteiger partial charge in [0.1, 0.15) is 11.5 Å². The van der Waals surface area contributed by atoms with Gasteiger partial charge in [-0.25, -0.2) is 0 Å². The van der Waals surface area contributed by atoms with E-state index in [1.54, 1.807) is 0 Å². The first-order valence-electron chi connectivity index (χ1n) is 7.45. The fraction of sp³-hybridized carbons (Fsp3) is 0.588. The number of ketones is 1. The Balaban J connectivity index is 1.71. The second-order valence-corrected chi connectivity index (χ2v) is 6.88. The summed E-state index contributed by atoms with van der Waals surface area (Å²) >= 11 is 0. The smallest absolute Gasteiger partial charge is 0.139 e. The average Bonchev–Trinajstić information content (AvgIpc) is 2.40. The third-order valence-electron chi connectivity index (χ3n) is 6.14. The van der Waals surface area contributed by atoms with Gasteiger partial charge in [-0.2, -0.15) is 0 Å². The van der Waals surface area contributed by atoms with Crippen LogP contribution in [-0.4, -0.2) is 10.9 Å². The first-order chi connectivity index (χ1) is 9.09. The van der Waals surface area contributed by atoms with E-state index in [-0.39, 0.29) is 5.41 Å². The van der Waals surface area contributed by atoms with Gasteiger partial charge in [0.05, 0.1) is 0 Å². The van der Waals surface area contributed by atoms with Crippen LogP contribution in [0.15, 0.2) is 18.2 Å². The molecule has 2 nitrogen and oxygen atoms in total. The van der Waals surface area contributed by atoms with Gasteiger partial charge in [-0.15, -0.1) is 0 Å². The van der Waals surface area contributed by atoms with Gasteiger partial charge >= 0.3 is 0 Å². The zero-order valence-electron chi connectivity index (χ0n) is 11.4. The fourth-order valence-corrected chi connectivity index (χ4v) is 4.91. The van der Waals surface area contributed by atoms with Crippen molar-refractivity contribution in [3.63, 3.8) is 0 Å². The van der Waals surface area contributed by atoms with Gasteiger partial charge in [0.25, 0.3) is 0 Å². The molecule has 2 heteroatoms. The molecule has 0 aromatic heterocycles. The van der Waals surface area contributed by atoms with Crippen LogP contribution < -0.4 is 0 Å². The summed E-state index contributed by atoms with van der Waals surface area (Å²) in [6, 6.07) is 5.87. The molecule has 0 unspecified atom stereocenters. The van der Waals surface area contributed by atoms with Crippen LogP contribution in [0.4, 0.5) is 0 Å². The number of aromatic hydroxyl groups is 1. The minimum absolute atomic E-state index is 0.00438. The van der Waals surface area contributed by atoms with Crippen LogP contribution in [0.5, 0.6) is 5.75 Å². The lowest BCUT2D eigenvalue weighted by Gasteiger charge is -2.57. The van der Waals surface area contributed by atoms with E-state index in [4.69, 9.17) is 0 Å². The van der Waals surface area contributed by atoms with E-state index in [9.17, 15) is 9.90 Å². The van der Waals surface area contributed by atoms with E-state index >= 15 is 0 Å². The SMILES string of the molecule is C[C@]12CC[C@@H]3c4ccc(O)cc4CC[C@H]3[C@@H]1CC2=O. The van der Waals surface area contributed by atoms with Crippen molar-refractivity contribution in [1.29, 1.82) is 0 Å². The summed E-state index contributed by atoms with van der Waals surface area (Å²) in [6.45, 7) is 2.19. The highest BCUT2D eigenvalue weighted by Crippen LogP contribution is 2.61. The largest absolute Gasteiger partial charge is 0.508 e. The molecule has 0 saturated heterocycles. The topological polar surface area (TPSA) is 37.3 Å². The van der Waals surface area contributed by atoms with E-state index in [1.165, 1.54) is 17.5 Å². The fourth-order valence-electron chi connectivity index (χ4n) is 4.91. The number of phenolic OH excluding ortho intramolecular Hbond substituents is 1. The second kappa shape index (κ2) is 3.62. The maximum absolute atomic E-state index is 11.9. The predicted molar refractivity (Wildman–Crippen MR) is 73.1 cm³/mol. The minimum Gasteiger partial charge on any atom is -0.508 e.